The summed E-state index contributed by atoms with van der Waals surface area (Å²) in [6.45, 7) is 2.73. The van der Waals surface area contributed by atoms with E-state index in [1.54, 1.807) is 48.5 Å². The molecule has 1 atom stereocenters. The lowest BCUT2D eigenvalue weighted by Crippen LogP contribution is -2.50. The summed E-state index contributed by atoms with van der Waals surface area (Å²) in [7, 11) is 0. The van der Waals surface area contributed by atoms with Crippen LogP contribution < -0.4 is 0 Å². The molecule has 0 saturated carbocycles. The third kappa shape index (κ3) is 3.90. The summed E-state index contributed by atoms with van der Waals surface area (Å²) in [5.41, 5.74) is 0.899. The van der Waals surface area contributed by atoms with Gasteiger partial charge in [0.1, 0.15) is 5.82 Å². The maximum Gasteiger partial charge on any atom is 0.269 e. The first kappa shape index (κ1) is 19.2. The number of oxime groups is 1. The Morgan fingerprint density at radius 1 is 1.17 bits per heavy atom. The zero-order valence-corrected chi connectivity index (χ0v) is 16.2. The quantitative estimate of drug-likeness (QED) is 0.745. The summed E-state index contributed by atoms with van der Waals surface area (Å²) in [5.74, 6) is -0.483. The highest BCUT2D eigenvalue weighted by molar-refractivity contribution is 6.05. The molecule has 1 amide bonds. The molecule has 2 aliphatic heterocycles. The van der Waals surface area contributed by atoms with Crippen LogP contribution in [0.1, 0.15) is 42.1 Å². The molecular weight excluding hydrogens is 373 g/mol. The fourth-order valence-corrected chi connectivity index (χ4v) is 3.88. The minimum Gasteiger partial charge on any atom is -0.379 e. The van der Waals surface area contributed by atoms with Gasteiger partial charge in [-0.05, 0) is 49.6 Å². The van der Waals surface area contributed by atoms with Crippen LogP contribution in [0.25, 0.3) is 0 Å². The molecule has 0 N–H and O–H groups in total. The number of Topliss-reactive ketones (excluding diaryl/α,β-unsaturated/α-hetero) is 1. The van der Waals surface area contributed by atoms with Crippen molar-refractivity contribution in [3.05, 3.63) is 65.7 Å². The Bertz CT molecular complexity index is 938. The van der Waals surface area contributed by atoms with Crippen molar-refractivity contribution in [1.29, 1.82) is 0 Å². The molecule has 1 fully saturated rings. The number of carbonyl (C=O) groups excluding carboxylic acids is 2. The highest BCUT2D eigenvalue weighted by Crippen LogP contribution is 2.31. The predicted octanol–water partition coefficient (Wildman–Crippen LogP) is 3.23. The van der Waals surface area contributed by atoms with Crippen molar-refractivity contribution in [2.75, 3.05) is 13.1 Å². The normalized spacial score (nSPS) is 22.1. The van der Waals surface area contributed by atoms with Gasteiger partial charge in [0, 0.05) is 43.4 Å². The molecule has 2 aromatic rings. The molecule has 6 nitrogen and oxygen atoms in total. The monoisotopic (exact) mass is 395 g/mol. The van der Waals surface area contributed by atoms with E-state index in [1.165, 1.54) is 12.1 Å². The SMILES string of the molecule is C[C@@]1(C(=O)N2CCC(C(=O)c3cccnc3)CC2)CC(c2ccc(F)cc2)=NO1. The number of benzene rings is 1. The highest BCUT2D eigenvalue weighted by atomic mass is 19.1. The fourth-order valence-electron chi connectivity index (χ4n) is 3.88. The molecule has 1 aromatic heterocycles. The molecule has 0 unspecified atom stereocenters. The van der Waals surface area contributed by atoms with Gasteiger partial charge in [0.15, 0.2) is 5.78 Å². The molecule has 1 aromatic carbocycles. The van der Waals surface area contributed by atoms with Crippen molar-refractivity contribution >= 4 is 17.4 Å². The van der Waals surface area contributed by atoms with E-state index in [-0.39, 0.29) is 23.4 Å². The van der Waals surface area contributed by atoms with Gasteiger partial charge in [0.05, 0.1) is 5.71 Å². The smallest absolute Gasteiger partial charge is 0.269 e. The van der Waals surface area contributed by atoms with E-state index in [4.69, 9.17) is 4.84 Å². The Morgan fingerprint density at radius 2 is 1.90 bits per heavy atom. The number of pyridine rings is 1. The Morgan fingerprint density at radius 3 is 2.55 bits per heavy atom. The Kier molecular flexibility index (Phi) is 5.13. The number of likely N-dealkylation sites (tertiary alicyclic amines) is 1. The number of rotatable bonds is 4. The van der Waals surface area contributed by atoms with Gasteiger partial charge in [-0.1, -0.05) is 17.3 Å². The number of carbonyl (C=O) groups is 2. The van der Waals surface area contributed by atoms with Crippen molar-refractivity contribution in [1.82, 2.24) is 9.88 Å². The summed E-state index contributed by atoms with van der Waals surface area (Å²) in [4.78, 5) is 37.0. The van der Waals surface area contributed by atoms with E-state index in [9.17, 15) is 14.0 Å². The number of hydrogen-bond acceptors (Lipinski definition) is 5. The van der Waals surface area contributed by atoms with Crippen LogP contribution in [0.15, 0.2) is 53.9 Å². The lowest BCUT2D eigenvalue weighted by atomic mass is 9.88. The van der Waals surface area contributed by atoms with E-state index >= 15 is 0 Å². The summed E-state index contributed by atoms with van der Waals surface area (Å²) in [6.07, 6.45) is 4.78. The predicted molar refractivity (Wildman–Crippen MR) is 105 cm³/mol. The number of nitrogens with zero attached hydrogens (tertiary/aromatic N) is 3. The molecular formula is C22H22FN3O3. The summed E-state index contributed by atoms with van der Waals surface area (Å²) < 4.78 is 13.1. The topological polar surface area (TPSA) is 71.9 Å². The third-order valence-corrected chi connectivity index (χ3v) is 5.59. The van der Waals surface area contributed by atoms with Crippen molar-refractivity contribution in [3.63, 3.8) is 0 Å². The Hall–Kier alpha value is -3.09. The number of aromatic nitrogens is 1. The van der Waals surface area contributed by atoms with Crippen molar-refractivity contribution in [2.45, 2.75) is 31.8 Å². The fraction of sp³-hybridized carbons (Fsp3) is 0.364. The second-order valence-corrected chi connectivity index (χ2v) is 7.72. The van der Waals surface area contributed by atoms with Crippen molar-refractivity contribution < 1.29 is 18.8 Å². The molecule has 0 radical (unpaired) electrons. The van der Waals surface area contributed by atoms with E-state index in [0.29, 0.717) is 43.6 Å². The van der Waals surface area contributed by atoms with Gasteiger partial charge in [-0.25, -0.2) is 4.39 Å². The van der Waals surface area contributed by atoms with Gasteiger partial charge in [-0.2, -0.15) is 0 Å². The summed E-state index contributed by atoms with van der Waals surface area (Å²) >= 11 is 0. The number of hydrogen-bond donors (Lipinski definition) is 0. The third-order valence-electron chi connectivity index (χ3n) is 5.59. The van der Waals surface area contributed by atoms with Gasteiger partial charge >= 0.3 is 0 Å². The number of ketones is 1. The second kappa shape index (κ2) is 7.73. The maximum absolute atomic E-state index is 13.1. The van der Waals surface area contributed by atoms with Crippen molar-refractivity contribution in [2.24, 2.45) is 11.1 Å². The number of amides is 1. The highest BCUT2D eigenvalue weighted by Gasteiger charge is 2.45. The van der Waals surface area contributed by atoms with E-state index < -0.39 is 5.60 Å². The van der Waals surface area contributed by atoms with Crippen LogP contribution in [0.2, 0.25) is 0 Å². The second-order valence-electron chi connectivity index (χ2n) is 7.72. The summed E-state index contributed by atoms with van der Waals surface area (Å²) in [6, 6.07) is 9.50. The molecule has 0 bridgehead atoms. The Balaban J connectivity index is 1.36. The van der Waals surface area contributed by atoms with Gasteiger partial charge in [-0.15, -0.1) is 0 Å². The van der Waals surface area contributed by atoms with Crippen LogP contribution in [0.5, 0.6) is 0 Å². The molecule has 4 rings (SSSR count). The largest absolute Gasteiger partial charge is 0.379 e. The summed E-state index contributed by atoms with van der Waals surface area (Å²) in [5, 5.41) is 4.07. The number of halogens is 1. The first-order chi connectivity index (χ1) is 14.0. The van der Waals surface area contributed by atoms with E-state index in [1.807, 2.05) is 0 Å². The van der Waals surface area contributed by atoms with E-state index in [0.717, 1.165) is 5.56 Å². The molecule has 29 heavy (non-hydrogen) atoms. The molecule has 7 heteroatoms. The van der Waals surface area contributed by atoms with Crippen molar-refractivity contribution in [3.8, 4) is 0 Å². The van der Waals surface area contributed by atoms with Gasteiger partial charge < -0.3 is 9.74 Å². The zero-order valence-electron chi connectivity index (χ0n) is 16.2. The average Bonchev–Trinajstić information content (AvgIpc) is 3.17. The van der Waals surface area contributed by atoms with Crippen LogP contribution >= 0.6 is 0 Å². The molecule has 0 spiro atoms. The Labute approximate surface area is 168 Å². The molecule has 1 saturated heterocycles. The first-order valence-electron chi connectivity index (χ1n) is 9.71. The minimum absolute atomic E-state index is 0.0791. The van der Waals surface area contributed by atoms with Crippen LogP contribution in [0.4, 0.5) is 4.39 Å². The van der Waals surface area contributed by atoms with Crippen LogP contribution in [0, 0.1) is 11.7 Å². The van der Waals surface area contributed by atoms with Crippen LogP contribution in [-0.4, -0.2) is 46.0 Å². The average molecular weight is 395 g/mol. The van der Waals surface area contributed by atoms with Gasteiger partial charge in [-0.3, -0.25) is 14.6 Å². The lowest BCUT2D eigenvalue weighted by molar-refractivity contribution is -0.154. The first-order valence-corrected chi connectivity index (χ1v) is 9.71. The van der Waals surface area contributed by atoms with E-state index in [2.05, 4.69) is 10.1 Å². The maximum atomic E-state index is 13.1. The molecule has 0 aliphatic carbocycles. The van der Waals surface area contributed by atoms with Crippen LogP contribution in [0.3, 0.4) is 0 Å². The molecule has 150 valence electrons. The lowest BCUT2D eigenvalue weighted by Gasteiger charge is -2.35. The van der Waals surface area contributed by atoms with Gasteiger partial charge in [0.25, 0.3) is 5.91 Å². The standard InChI is InChI=1S/C22H22FN3O3/c1-22(13-19(25-29-22)15-4-6-18(23)7-5-15)21(28)26-11-8-16(9-12-26)20(27)17-3-2-10-24-14-17/h2-7,10,14,16H,8-9,11-13H2,1H3/t22-/m0/s1. The number of piperidine rings is 1. The minimum atomic E-state index is -1.08. The molecule has 3 heterocycles. The van der Waals surface area contributed by atoms with Gasteiger partial charge in [0.2, 0.25) is 5.60 Å². The van der Waals surface area contributed by atoms with Crippen LogP contribution in [-0.2, 0) is 9.63 Å². The zero-order chi connectivity index (χ0) is 20.4. The molecule has 2 aliphatic rings.